The Labute approximate surface area is 242 Å². The minimum Gasteiger partial charge on any atom is -0.335 e. The minimum atomic E-state index is -4.49. The quantitative estimate of drug-likeness (QED) is 0.299. The van der Waals surface area contributed by atoms with Gasteiger partial charge in [0.25, 0.3) is 11.8 Å². The van der Waals surface area contributed by atoms with Crippen molar-refractivity contribution < 1.29 is 22.8 Å². The highest BCUT2D eigenvalue weighted by Crippen LogP contribution is 2.38. The number of aromatic nitrogens is 1. The van der Waals surface area contributed by atoms with E-state index in [1.807, 2.05) is 52.9 Å². The average molecular weight is 573 g/mol. The molecule has 42 heavy (non-hydrogen) atoms. The first-order valence-electron chi connectivity index (χ1n) is 13.9. The monoisotopic (exact) mass is 572 g/mol. The third kappa shape index (κ3) is 5.09. The minimum absolute atomic E-state index is 0.0167. The van der Waals surface area contributed by atoms with Crippen molar-refractivity contribution in [3.8, 4) is 11.1 Å². The Morgan fingerprint density at radius 2 is 1.48 bits per heavy atom. The van der Waals surface area contributed by atoms with Gasteiger partial charge in [-0.15, -0.1) is 0 Å². The number of piperazine rings is 1. The molecule has 0 saturated carbocycles. The van der Waals surface area contributed by atoms with Gasteiger partial charge in [-0.1, -0.05) is 42.5 Å². The molecule has 6 rings (SSSR count). The van der Waals surface area contributed by atoms with Crippen molar-refractivity contribution in [2.75, 3.05) is 38.1 Å². The third-order valence-electron chi connectivity index (χ3n) is 8.25. The molecule has 4 aromatic rings. The van der Waals surface area contributed by atoms with E-state index in [9.17, 15) is 22.8 Å². The number of carbonyl (C=O) groups is 2. The lowest BCUT2D eigenvalue weighted by Crippen LogP contribution is -2.47. The van der Waals surface area contributed by atoms with E-state index in [-0.39, 0.29) is 23.9 Å². The van der Waals surface area contributed by atoms with E-state index in [0.717, 1.165) is 36.1 Å². The maximum Gasteiger partial charge on any atom is 0.417 e. The maximum atomic E-state index is 14.0. The summed E-state index contributed by atoms with van der Waals surface area (Å²) >= 11 is 0. The predicted octanol–water partition coefficient (Wildman–Crippen LogP) is 6.08. The first kappa shape index (κ1) is 27.8. The number of amides is 2. The Hall–Kier alpha value is -4.37. The molecule has 1 aromatic heterocycles. The smallest absolute Gasteiger partial charge is 0.335 e. The van der Waals surface area contributed by atoms with E-state index >= 15 is 0 Å². The summed E-state index contributed by atoms with van der Waals surface area (Å²) in [4.78, 5) is 33.3. The fraction of sp³-hybridized carbons (Fsp3) is 0.273. The van der Waals surface area contributed by atoms with Gasteiger partial charge in [0.1, 0.15) is 5.69 Å². The second kappa shape index (κ2) is 10.8. The summed E-state index contributed by atoms with van der Waals surface area (Å²) in [6.45, 7) is 5.40. The van der Waals surface area contributed by atoms with E-state index in [1.54, 1.807) is 36.1 Å². The van der Waals surface area contributed by atoms with Crippen LogP contribution in [0.1, 0.15) is 43.2 Å². The van der Waals surface area contributed by atoms with Crippen LogP contribution < -0.4 is 4.90 Å². The summed E-state index contributed by atoms with van der Waals surface area (Å²) in [6.07, 6.45) is -4.49. The van der Waals surface area contributed by atoms with Crippen LogP contribution in [0.15, 0.2) is 78.9 Å². The van der Waals surface area contributed by atoms with Gasteiger partial charge in [-0.3, -0.25) is 9.59 Å². The summed E-state index contributed by atoms with van der Waals surface area (Å²) in [6, 6.07) is 21.7. The summed E-state index contributed by atoms with van der Waals surface area (Å²) in [5.41, 5.74) is 3.83. The normalized spacial score (nSPS) is 15.6. The van der Waals surface area contributed by atoms with Crippen LogP contribution in [0.3, 0.4) is 0 Å². The molecule has 0 aliphatic carbocycles. The molecule has 1 saturated heterocycles. The Kier molecular flexibility index (Phi) is 7.14. The second-order valence-electron chi connectivity index (χ2n) is 11.0. The number of rotatable bonds is 3. The number of halogens is 3. The molecule has 2 aliphatic heterocycles. The highest BCUT2D eigenvalue weighted by Gasteiger charge is 2.34. The number of nitrogens with zero attached hydrogens (tertiary/aromatic N) is 4. The number of hydrogen-bond donors (Lipinski definition) is 0. The Balaban J connectivity index is 1.33. The van der Waals surface area contributed by atoms with Gasteiger partial charge in [-0.2, -0.15) is 13.2 Å². The molecule has 2 aliphatic rings. The lowest BCUT2D eigenvalue weighted by Gasteiger charge is -2.32. The molecule has 3 heterocycles. The second-order valence-corrected chi connectivity index (χ2v) is 11.0. The Morgan fingerprint density at radius 1 is 0.762 bits per heavy atom. The third-order valence-corrected chi connectivity index (χ3v) is 8.25. The standard InChI is InChI=1S/C33H31F3N4O2/c1-22-19-23(11-13-26(22)27-8-4-5-9-28(27)33(34,35)36)31(41)40-21-25-12-14-30(32(42)38-17-15-37(2)16-18-38)39(25)20-24-7-3-6-10-29(24)40/h3-14,19H,15-18,20-21H2,1-2H3. The summed E-state index contributed by atoms with van der Waals surface area (Å²) < 4.78 is 43.1. The molecular formula is C33H31F3N4O2. The molecule has 6 nitrogen and oxygen atoms in total. The number of fused-ring (bicyclic) bond motifs is 2. The highest BCUT2D eigenvalue weighted by atomic mass is 19.4. The highest BCUT2D eigenvalue weighted by molar-refractivity contribution is 6.07. The number of aryl methyl sites for hydroxylation is 1. The van der Waals surface area contributed by atoms with Crippen LogP contribution in [0.25, 0.3) is 11.1 Å². The largest absolute Gasteiger partial charge is 0.417 e. The first-order valence-corrected chi connectivity index (χ1v) is 13.9. The molecule has 9 heteroatoms. The molecule has 0 bridgehead atoms. The van der Waals surface area contributed by atoms with Crippen LogP contribution >= 0.6 is 0 Å². The van der Waals surface area contributed by atoms with Crippen LogP contribution in [0.5, 0.6) is 0 Å². The molecule has 0 radical (unpaired) electrons. The van der Waals surface area contributed by atoms with E-state index in [1.165, 1.54) is 12.1 Å². The van der Waals surface area contributed by atoms with Gasteiger partial charge in [0.15, 0.2) is 0 Å². The van der Waals surface area contributed by atoms with Gasteiger partial charge in [0.05, 0.1) is 18.7 Å². The lowest BCUT2D eigenvalue weighted by atomic mass is 9.94. The van der Waals surface area contributed by atoms with Crippen molar-refractivity contribution in [1.82, 2.24) is 14.4 Å². The first-order chi connectivity index (χ1) is 20.1. The topological polar surface area (TPSA) is 48.8 Å². The molecule has 0 atom stereocenters. The zero-order valence-corrected chi connectivity index (χ0v) is 23.5. The summed E-state index contributed by atoms with van der Waals surface area (Å²) in [5, 5.41) is 0. The number of likely N-dealkylation sites (N-methyl/N-ethyl adjacent to an activating group) is 1. The van der Waals surface area contributed by atoms with Crippen LogP contribution in [0.2, 0.25) is 0 Å². The molecular weight excluding hydrogens is 541 g/mol. The van der Waals surface area contributed by atoms with Gasteiger partial charge in [0, 0.05) is 43.1 Å². The van der Waals surface area contributed by atoms with Crippen molar-refractivity contribution in [2.45, 2.75) is 26.2 Å². The van der Waals surface area contributed by atoms with Crippen molar-refractivity contribution in [3.63, 3.8) is 0 Å². The van der Waals surface area contributed by atoms with Gasteiger partial charge >= 0.3 is 6.18 Å². The van der Waals surface area contributed by atoms with E-state index in [0.29, 0.717) is 42.0 Å². The van der Waals surface area contributed by atoms with E-state index < -0.39 is 11.7 Å². The number of carbonyl (C=O) groups excluding carboxylic acids is 2. The van der Waals surface area contributed by atoms with Gasteiger partial charge < -0.3 is 19.3 Å². The number of para-hydroxylation sites is 1. The molecule has 3 aromatic carbocycles. The summed E-state index contributed by atoms with van der Waals surface area (Å²) in [7, 11) is 2.05. The summed E-state index contributed by atoms with van der Waals surface area (Å²) in [5.74, 6) is -0.278. The van der Waals surface area contributed by atoms with E-state index in [2.05, 4.69) is 4.90 Å². The van der Waals surface area contributed by atoms with Crippen molar-refractivity contribution >= 4 is 17.5 Å². The van der Waals surface area contributed by atoms with Crippen LogP contribution in [-0.4, -0.2) is 59.4 Å². The molecule has 2 amide bonds. The zero-order chi connectivity index (χ0) is 29.6. The number of anilines is 1. The fourth-order valence-electron chi connectivity index (χ4n) is 5.92. The van der Waals surface area contributed by atoms with Crippen LogP contribution in [0, 0.1) is 6.92 Å². The number of hydrogen-bond acceptors (Lipinski definition) is 3. The van der Waals surface area contributed by atoms with Crippen LogP contribution in [0.4, 0.5) is 18.9 Å². The Bertz CT molecular complexity index is 1670. The molecule has 216 valence electrons. The van der Waals surface area contributed by atoms with Gasteiger partial charge in [-0.25, -0.2) is 0 Å². The van der Waals surface area contributed by atoms with E-state index in [4.69, 9.17) is 0 Å². The number of alkyl halides is 3. The SMILES string of the molecule is Cc1cc(C(=O)N2Cc3ccc(C(=O)N4CCN(C)CC4)n3Cc3ccccc32)ccc1-c1ccccc1C(F)(F)F. The van der Waals surface area contributed by atoms with Gasteiger partial charge in [-0.05, 0) is 72.6 Å². The molecule has 0 spiro atoms. The van der Waals surface area contributed by atoms with Crippen LogP contribution in [-0.2, 0) is 19.3 Å². The van der Waals surface area contributed by atoms with Crippen molar-refractivity contribution in [2.24, 2.45) is 0 Å². The van der Waals surface area contributed by atoms with Gasteiger partial charge in [0.2, 0.25) is 0 Å². The maximum absolute atomic E-state index is 14.0. The molecule has 0 N–H and O–H groups in total. The van der Waals surface area contributed by atoms with Crippen molar-refractivity contribution in [1.29, 1.82) is 0 Å². The van der Waals surface area contributed by atoms with Crippen molar-refractivity contribution in [3.05, 3.63) is 113 Å². The molecule has 0 unspecified atom stereocenters. The Morgan fingerprint density at radius 3 is 2.21 bits per heavy atom. The lowest BCUT2D eigenvalue weighted by molar-refractivity contribution is -0.137. The molecule has 1 fully saturated rings. The zero-order valence-electron chi connectivity index (χ0n) is 23.5. The predicted molar refractivity (Wildman–Crippen MR) is 156 cm³/mol. The fourth-order valence-corrected chi connectivity index (χ4v) is 5.92. The number of benzene rings is 3. The average Bonchev–Trinajstić information content (AvgIpc) is 3.29.